The van der Waals surface area contributed by atoms with Crippen molar-refractivity contribution < 1.29 is 14.3 Å². The number of halogens is 2. The van der Waals surface area contributed by atoms with E-state index in [1.165, 1.54) is 13.0 Å². The minimum absolute atomic E-state index is 0.301. The summed E-state index contributed by atoms with van der Waals surface area (Å²) < 4.78 is 5.18. The molecular weight excluding hydrogens is 363 g/mol. The van der Waals surface area contributed by atoms with E-state index in [0.717, 1.165) is 5.56 Å². The average Bonchev–Trinajstić information content (AvgIpc) is 2.56. The van der Waals surface area contributed by atoms with Crippen molar-refractivity contribution in [3.8, 4) is 5.75 Å². The van der Waals surface area contributed by atoms with Gasteiger partial charge in [0.05, 0.1) is 17.8 Å². The highest BCUT2D eigenvalue weighted by Gasteiger charge is 2.21. The van der Waals surface area contributed by atoms with Crippen molar-refractivity contribution in [2.24, 2.45) is 0 Å². The van der Waals surface area contributed by atoms with Gasteiger partial charge in [-0.15, -0.1) is 0 Å². The smallest absolute Gasteiger partial charge is 0.247 e. The number of carbonyl (C=O) groups is 2. The number of hydrogen-bond acceptors (Lipinski definition) is 3. The maximum Gasteiger partial charge on any atom is 0.247 e. The third kappa shape index (κ3) is 5.66. The SMILES string of the molecule is COc1cccc(CC(NC(C)=O)C(=O)Nc2ccc(Cl)cc2Cl)c1. The lowest BCUT2D eigenvalue weighted by atomic mass is 10.0. The van der Waals surface area contributed by atoms with E-state index in [1.54, 1.807) is 19.2 Å². The van der Waals surface area contributed by atoms with Gasteiger partial charge in [0.15, 0.2) is 0 Å². The topological polar surface area (TPSA) is 67.4 Å². The minimum Gasteiger partial charge on any atom is -0.497 e. The van der Waals surface area contributed by atoms with Gasteiger partial charge in [-0.3, -0.25) is 9.59 Å². The van der Waals surface area contributed by atoms with E-state index in [2.05, 4.69) is 10.6 Å². The highest BCUT2D eigenvalue weighted by Crippen LogP contribution is 2.25. The molecule has 0 heterocycles. The third-order valence-corrected chi connectivity index (χ3v) is 4.00. The molecule has 0 fully saturated rings. The Labute approximate surface area is 156 Å². The number of rotatable bonds is 6. The van der Waals surface area contributed by atoms with Crippen LogP contribution < -0.4 is 15.4 Å². The van der Waals surface area contributed by atoms with Gasteiger partial charge in [-0.2, -0.15) is 0 Å². The van der Waals surface area contributed by atoms with E-state index in [9.17, 15) is 9.59 Å². The van der Waals surface area contributed by atoms with Crippen LogP contribution in [0, 0.1) is 0 Å². The number of hydrogen-bond donors (Lipinski definition) is 2. The Bertz CT molecular complexity index is 781. The summed E-state index contributed by atoms with van der Waals surface area (Å²) in [6.45, 7) is 1.36. The van der Waals surface area contributed by atoms with Crippen LogP contribution >= 0.6 is 23.2 Å². The maximum atomic E-state index is 12.6. The van der Waals surface area contributed by atoms with Gasteiger partial charge in [0.25, 0.3) is 0 Å². The zero-order chi connectivity index (χ0) is 18.4. The standard InChI is InChI=1S/C18H18Cl2N2O3/c1-11(23)21-17(9-12-4-3-5-14(8-12)25-2)18(24)22-16-7-6-13(19)10-15(16)20/h3-8,10,17H,9H2,1-2H3,(H,21,23)(H,22,24). The summed E-state index contributed by atoms with van der Waals surface area (Å²) in [5.41, 5.74) is 1.28. The molecule has 5 nitrogen and oxygen atoms in total. The van der Waals surface area contributed by atoms with E-state index < -0.39 is 6.04 Å². The van der Waals surface area contributed by atoms with Gasteiger partial charge in [-0.1, -0.05) is 35.3 Å². The van der Waals surface area contributed by atoms with Crippen LogP contribution in [0.1, 0.15) is 12.5 Å². The van der Waals surface area contributed by atoms with Crippen LogP contribution in [0.25, 0.3) is 0 Å². The monoisotopic (exact) mass is 380 g/mol. The van der Waals surface area contributed by atoms with Crippen molar-refractivity contribution in [2.75, 3.05) is 12.4 Å². The zero-order valence-electron chi connectivity index (χ0n) is 13.8. The molecule has 25 heavy (non-hydrogen) atoms. The fourth-order valence-corrected chi connectivity index (χ4v) is 2.76. The lowest BCUT2D eigenvalue weighted by Crippen LogP contribution is -2.44. The van der Waals surface area contributed by atoms with E-state index >= 15 is 0 Å². The molecule has 2 rings (SSSR count). The molecule has 132 valence electrons. The van der Waals surface area contributed by atoms with Gasteiger partial charge >= 0.3 is 0 Å². The quantitative estimate of drug-likeness (QED) is 0.802. The van der Waals surface area contributed by atoms with E-state index in [-0.39, 0.29) is 11.8 Å². The Kier molecular flexibility index (Phi) is 6.67. The molecule has 0 aromatic heterocycles. The third-order valence-electron chi connectivity index (χ3n) is 3.46. The van der Waals surface area contributed by atoms with Crippen LogP contribution in [0.2, 0.25) is 10.0 Å². The van der Waals surface area contributed by atoms with Gasteiger partial charge in [0, 0.05) is 18.4 Å². The first-order valence-electron chi connectivity index (χ1n) is 7.55. The van der Waals surface area contributed by atoms with Crippen molar-refractivity contribution in [1.29, 1.82) is 0 Å². The van der Waals surface area contributed by atoms with Gasteiger partial charge < -0.3 is 15.4 Å². The molecular formula is C18H18Cl2N2O3. The maximum absolute atomic E-state index is 12.6. The number of anilines is 1. The van der Waals surface area contributed by atoms with Crippen LogP contribution in [-0.4, -0.2) is 25.0 Å². The summed E-state index contributed by atoms with van der Waals surface area (Å²) in [6.07, 6.45) is 0.313. The lowest BCUT2D eigenvalue weighted by Gasteiger charge is -2.18. The second kappa shape index (κ2) is 8.74. The van der Waals surface area contributed by atoms with E-state index in [4.69, 9.17) is 27.9 Å². The van der Waals surface area contributed by atoms with Crippen LogP contribution in [0.3, 0.4) is 0 Å². The molecule has 0 spiro atoms. The number of amides is 2. The number of carbonyl (C=O) groups excluding carboxylic acids is 2. The van der Waals surface area contributed by atoms with Crippen LogP contribution in [-0.2, 0) is 16.0 Å². The van der Waals surface area contributed by atoms with Crippen molar-refractivity contribution in [3.63, 3.8) is 0 Å². The Balaban J connectivity index is 2.17. The Morgan fingerprint density at radius 3 is 2.56 bits per heavy atom. The summed E-state index contributed by atoms with van der Waals surface area (Å²) >= 11 is 11.9. The van der Waals surface area contributed by atoms with Gasteiger partial charge in [0.1, 0.15) is 11.8 Å². The Morgan fingerprint density at radius 2 is 1.92 bits per heavy atom. The first kappa shape index (κ1) is 19.1. The molecule has 2 amide bonds. The highest BCUT2D eigenvalue weighted by atomic mass is 35.5. The molecule has 1 unspecified atom stereocenters. The van der Waals surface area contributed by atoms with Gasteiger partial charge in [-0.25, -0.2) is 0 Å². The minimum atomic E-state index is -0.753. The molecule has 0 bridgehead atoms. The molecule has 0 saturated carbocycles. The summed E-state index contributed by atoms with van der Waals surface area (Å²) in [5, 5.41) is 6.17. The fraction of sp³-hybridized carbons (Fsp3) is 0.222. The summed E-state index contributed by atoms with van der Waals surface area (Å²) in [5.74, 6) is 0.00715. The number of methoxy groups -OCH3 is 1. The molecule has 0 radical (unpaired) electrons. The molecule has 2 aromatic rings. The largest absolute Gasteiger partial charge is 0.497 e. The molecule has 2 aromatic carbocycles. The van der Waals surface area contributed by atoms with Crippen molar-refractivity contribution in [2.45, 2.75) is 19.4 Å². The predicted molar refractivity (Wildman–Crippen MR) is 99.4 cm³/mol. The summed E-state index contributed by atoms with van der Waals surface area (Å²) in [7, 11) is 1.57. The molecule has 0 aliphatic rings. The fourth-order valence-electron chi connectivity index (χ4n) is 2.30. The second-order valence-electron chi connectivity index (χ2n) is 5.42. The first-order valence-corrected chi connectivity index (χ1v) is 8.30. The van der Waals surface area contributed by atoms with E-state index in [0.29, 0.717) is 27.9 Å². The number of benzene rings is 2. The zero-order valence-corrected chi connectivity index (χ0v) is 15.3. The van der Waals surface area contributed by atoms with Gasteiger partial charge in [0.2, 0.25) is 11.8 Å². The Morgan fingerprint density at radius 1 is 1.16 bits per heavy atom. The average molecular weight is 381 g/mol. The summed E-state index contributed by atoms with van der Waals surface area (Å²) in [4.78, 5) is 24.1. The Hall–Kier alpha value is -2.24. The van der Waals surface area contributed by atoms with Crippen molar-refractivity contribution in [3.05, 3.63) is 58.1 Å². The molecule has 1 atom stereocenters. The van der Waals surface area contributed by atoms with Crippen LogP contribution in [0.15, 0.2) is 42.5 Å². The predicted octanol–water partition coefficient (Wildman–Crippen LogP) is 3.69. The van der Waals surface area contributed by atoms with Crippen LogP contribution in [0.4, 0.5) is 5.69 Å². The van der Waals surface area contributed by atoms with Crippen molar-refractivity contribution >= 4 is 40.7 Å². The lowest BCUT2D eigenvalue weighted by molar-refractivity contribution is -0.125. The second-order valence-corrected chi connectivity index (χ2v) is 6.27. The molecule has 2 N–H and O–H groups in total. The molecule has 0 aliphatic carbocycles. The van der Waals surface area contributed by atoms with E-state index in [1.807, 2.05) is 24.3 Å². The molecule has 0 saturated heterocycles. The highest BCUT2D eigenvalue weighted by molar-refractivity contribution is 6.36. The molecule has 0 aliphatic heterocycles. The number of ether oxygens (including phenoxy) is 1. The number of nitrogens with one attached hydrogen (secondary N) is 2. The normalized spacial score (nSPS) is 11.5. The van der Waals surface area contributed by atoms with Crippen LogP contribution in [0.5, 0.6) is 5.75 Å². The van der Waals surface area contributed by atoms with Crippen molar-refractivity contribution in [1.82, 2.24) is 5.32 Å². The summed E-state index contributed by atoms with van der Waals surface area (Å²) in [6, 6.07) is 11.3. The molecule has 7 heteroatoms. The van der Waals surface area contributed by atoms with Gasteiger partial charge in [-0.05, 0) is 35.9 Å². The first-order chi connectivity index (χ1) is 11.9.